The molecule has 0 aromatic rings. The number of aliphatic carboxylic acids is 1. The van der Waals surface area contributed by atoms with E-state index in [9.17, 15) is 4.79 Å². The van der Waals surface area contributed by atoms with Crippen molar-refractivity contribution in [1.29, 1.82) is 0 Å². The molecule has 2 N–H and O–H groups in total. The second-order valence-electron chi connectivity index (χ2n) is 4.33. The van der Waals surface area contributed by atoms with Crippen molar-refractivity contribution in [3.63, 3.8) is 0 Å². The molecule has 0 amide bonds. The van der Waals surface area contributed by atoms with Crippen LogP contribution in [0.2, 0.25) is 0 Å². The van der Waals surface area contributed by atoms with Crippen LogP contribution in [0, 0.1) is 0 Å². The van der Waals surface area contributed by atoms with Crippen LogP contribution in [0.1, 0.15) is 33.1 Å². The summed E-state index contributed by atoms with van der Waals surface area (Å²) in [6, 6.07) is 0. The first kappa shape index (κ1) is 12.5. The molecule has 0 saturated carbocycles. The average molecular weight is 214 g/mol. The van der Waals surface area contributed by atoms with Gasteiger partial charge < -0.3 is 10.4 Å². The second-order valence-corrected chi connectivity index (χ2v) is 4.33. The number of nitrogens with zero attached hydrogens (tertiary/aromatic N) is 1. The summed E-state index contributed by atoms with van der Waals surface area (Å²) in [5.74, 6) is -0.688. The summed E-state index contributed by atoms with van der Waals surface area (Å²) in [7, 11) is 0. The summed E-state index contributed by atoms with van der Waals surface area (Å²) in [5, 5.41) is 12.1. The van der Waals surface area contributed by atoms with Crippen molar-refractivity contribution in [3.05, 3.63) is 0 Å². The molecule has 0 aromatic carbocycles. The third-order valence-corrected chi connectivity index (χ3v) is 3.22. The Morgan fingerprint density at radius 3 is 2.47 bits per heavy atom. The van der Waals surface area contributed by atoms with E-state index in [-0.39, 0.29) is 12.0 Å². The normalized spacial score (nSPS) is 18.9. The lowest BCUT2D eigenvalue weighted by Crippen LogP contribution is -2.69. The van der Waals surface area contributed by atoms with Gasteiger partial charge in [0.1, 0.15) is 0 Å². The highest BCUT2D eigenvalue weighted by atomic mass is 16.4. The number of carboxylic acids is 1. The maximum Gasteiger partial charge on any atom is 0.305 e. The van der Waals surface area contributed by atoms with Crippen molar-refractivity contribution < 1.29 is 9.90 Å². The van der Waals surface area contributed by atoms with Crippen molar-refractivity contribution in [2.24, 2.45) is 0 Å². The van der Waals surface area contributed by atoms with Crippen LogP contribution < -0.4 is 5.32 Å². The molecule has 0 radical (unpaired) electrons. The molecule has 88 valence electrons. The van der Waals surface area contributed by atoms with Gasteiger partial charge in [-0.25, -0.2) is 0 Å². The van der Waals surface area contributed by atoms with E-state index in [1.807, 2.05) is 0 Å². The maximum absolute atomic E-state index is 10.8. The highest BCUT2D eigenvalue weighted by Gasteiger charge is 2.43. The van der Waals surface area contributed by atoms with Crippen LogP contribution in [-0.4, -0.2) is 47.7 Å². The van der Waals surface area contributed by atoms with Gasteiger partial charge in [0.2, 0.25) is 0 Å². The summed E-state index contributed by atoms with van der Waals surface area (Å²) in [6.45, 7) is 7.86. The van der Waals surface area contributed by atoms with Gasteiger partial charge in [-0.05, 0) is 19.5 Å². The van der Waals surface area contributed by atoms with Crippen LogP contribution >= 0.6 is 0 Å². The highest BCUT2D eigenvalue weighted by Crippen LogP contribution is 2.25. The van der Waals surface area contributed by atoms with E-state index in [2.05, 4.69) is 24.1 Å². The first-order valence-electron chi connectivity index (χ1n) is 5.82. The van der Waals surface area contributed by atoms with E-state index in [0.29, 0.717) is 0 Å². The van der Waals surface area contributed by atoms with Gasteiger partial charge in [-0.3, -0.25) is 9.69 Å². The van der Waals surface area contributed by atoms with Crippen LogP contribution in [0.25, 0.3) is 0 Å². The lowest BCUT2D eigenvalue weighted by atomic mass is 9.86. The Morgan fingerprint density at radius 1 is 1.47 bits per heavy atom. The van der Waals surface area contributed by atoms with Gasteiger partial charge in [-0.2, -0.15) is 0 Å². The topological polar surface area (TPSA) is 52.6 Å². The van der Waals surface area contributed by atoms with Gasteiger partial charge >= 0.3 is 5.97 Å². The molecule has 1 rings (SSSR count). The van der Waals surface area contributed by atoms with Gasteiger partial charge in [0.25, 0.3) is 0 Å². The second kappa shape index (κ2) is 5.47. The van der Waals surface area contributed by atoms with Gasteiger partial charge in [0.15, 0.2) is 0 Å². The SMILES string of the molecule is CCCCN(CC)C1(CC(=O)O)CNC1. The number of rotatable bonds is 7. The molecule has 4 heteroatoms. The molecule has 0 aliphatic carbocycles. The average Bonchev–Trinajstić information content (AvgIpc) is 2.14. The molecule has 0 unspecified atom stereocenters. The van der Waals surface area contributed by atoms with Crippen LogP contribution in [-0.2, 0) is 4.79 Å². The summed E-state index contributed by atoms with van der Waals surface area (Å²) < 4.78 is 0. The predicted octanol–water partition coefficient (Wildman–Crippen LogP) is 0.925. The van der Waals surface area contributed by atoms with E-state index >= 15 is 0 Å². The lowest BCUT2D eigenvalue weighted by molar-refractivity contribution is -0.141. The monoisotopic (exact) mass is 214 g/mol. The van der Waals surface area contributed by atoms with E-state index < -0.39 is 5.97 Å². The minimum absolute atomic E-state index is 0.115. The minimum atomic E-state index is -0.688. The minimum Gasteiger partial charge on any atom is -0.481 e. The van der Waals surface area contributed by atoms with Crippen LogP contribution in [0.4, 0.5) is 0 Å². The molecule has 1 fully saturated rings. The Labute approximate surface area is 91.6 Å². The van der Waals surface area contributed by atoms with Crippen molar-refractivity contribution in [3.8, 4) is 0 Å². The molecule has 1 aliphatic rings. The summed E-state index contributed by atoms with van der Waals surface area (Å²) in [5.41, 5.74) is -0.115. The molecule has 4 nitrogen and oxygen atoms in total. The Bertz CT molecular complexity index is 215. The molecule has 15 heavy (non-hydrogen) atoms. The number of carbonyl (C=O) groups is 1. The van der Waals surface area contributed by atoms with Gasteiger partial charge in [-0.15, -0.1) is 0 Å². The zero-order valence-corrected chi connectivity index (χ0v) is 9.75. The van der Waals surface area contributed by atoms with Gasteiger partial charge in [0.05, 0.1) is 12.0 Å². The standard InChI is InChI=1S/C11H22N2O2/c1-3-5-6-13(4-2)11(7-10(14)15)8-12-9-11/h12H,3-9H2,1-2H3,(H,14,15). The Kier molecular flexibility index (Phi) is 4.54. The molecular formula is C11H22N2O2. The first-order chi connectivity index (χ1) is 7.14. The van der Waals surface area contributed by atoms with Crippen molar-refractivity contribution in [2.45, 2.75) is 38.6 Å². The predicted molar refractivity (Wildman–Crippen MR) is 60.0 cm³/mol. The van der Waals surface area contributed by atoms with Gasteiger partial charge in [0, 0.05) is 13.1 Å². The highest BCUT2D eigenvalue weighted by molar-refractivity contribution is 5.68. The van der Waals surface area contributed by atoms with Crippen molar-refractivity contribution >= 4 is 5.97 Å². The van der Waals surface area contributed by atoms with E-state index in [4.69, 9.17) is 5.11 Å². The quantitative estimate of drug-likeness (QED) is 0.662. The van der Waals surface area contributed by atoms with Crippen LogP contribution in [0.3, 0.4) is 0 Å². The Hall–Kier alpha value is -0.610. The molecule has 1 saturated heterocycles. The van der Waals surface area contributed by atoms with E-state index in [1.165, 1.54) is 0 Å². The van der Waals surface area contributed by atoms with E-state index in [1.54, 1.807) is 0 Å². The number of hydrogen-bond acceptors (Lipinski definition) is 3. The Morgan fingerprint density at radius 2 is 2.13 bits per heavy atom. The third kappa shape index (κ3) is 2.92. The number of unbranched alkanes of at least 4 members (excludes halogenated alkanes) is 1. The summed E-state index contributed by atoms with van der Waals surface area (Å²) >= 11 is 0. The maximum atomic E-state index is 10.8. The zero-order valence-electron chi connectivity index (χ0n) is 9.75. The molecule has 0 atom stereocenters. The van der Waals surface area contributed by atoms with Crippen LogP contribution in [0.15, 0.2) is 0 Å². The number of hydrogen-bond donors (Lipinski definition) is 2. The largest absolute Gasteiger partial charge is 0.481 e. The summed E-state index contributed by atoms with van der Waals surface area (Å²) in [6.07, 6.45) is 2.57. The number of carboxylic acid groups (broad SMARTS) is 1. The third-order valence-electron chi connectivity index (χ3n) is 3.22. The fourth-order valence-electron chi connectivity index (χ4n) is 2.24. The van der Waals surface area contributed by atoms with Crippen molar-refractivity contribution in [2.75, 3.05) is 26.2 Å². The molecule has 0 aromatic heterocycles. The van der Waals surface area contributed by atoms with Crippen LogP contribution in [0.5, 0.6) is 0 Å². The number of nitrogens with one attached hydrogen (secondary N) is 1. The molecular weight excluding hydrogens is 192 g/mol. The number of likely N-dealkylation sites (N-methyl/N-ethyl adjacent to an activating group) is 1. The van der Waals surface area contributed by atoms with E-state index in [0.717, 1.165) is 39.0 Å². The van der Waals surface area contributed by atoms with Gasteiger partial charge in [-0.1, -0.05) is 20.3 Å². The molecule has 1 aliphatic heterocycles. The fraction of sp³-hybridized carbons (Fsp3) is 0.909. The summed E-state index contributed by atoms with van der Waals surface area (Å²) in [4.78, 5) is 13.2. The first-order valence-corrected chi connectivity index (χ1v) is 5.82. The molecule has 1 heterocycles. The lowest BCUT2D eigenvalue weighted by Gasteiger charge is -2.50. The Balaban J connectivity index is 2.56. The smallest absolute Gasteiger partial charge is 0.305 e. The zero-order chi connectivity index (χ0) is 11.3. The fourth-order valence-corrected chi connectivity index (χ4v) is 2.24. The van der Waals surface area contributed by atoms with Crippen molar-refractivity contribution in [1.82, 2.24) is 10.2 Å². The molecule has 0 bridgehead atoms. The molecule has 0 spiro atoms.